The lowest BCUT2D eigenvalue weighted by Crippen LogP contribution is -2.60. The van der Waals surface area contributed by atoms with E-state index in [1.807, 2.05) is 25.7 Å². The summed E-state index contributed by atoms with van der Waals surface area (Å²) in [6.45, 7) is 6.63. The third kappa shape index (κ3) is 2.78. The highest BCUT2D eigenvalue weighted by molar-refractivity contribution is 5.70. The van der Waals surface area contributed by atoms with Crippen molar-refractivity contribution in [3.63, 3.8) is 0 Å². The van der Waals surface area contributed by atoms with E-state index in [1.54, 1.807) is 0 Å². The predicted octanol–water partition coefficient (Wildman–Crippen LogP) is 1.11. The minimum Gasteiger partial charge on any atom is -0.444 e. The zero-order valence-electron chi connectivity index (χ0n) is 11.5. The number of rotatable bonds is 2. The molecule has 2 fully saturated rings. The first kappa shape index (κ1) is 13.6. The van der Waals surface area contributed by atoms with Crippen LogP contribution in [0.4, 0.5) is 4.79 Å². The van der Waals surface area contributed by atoms with E-state index in [0.29, 0.717) is 6.42 Å². The first-order chi connectivity index (χ1) is 8.42. The van der Waals surface area contributed by atoms with Crippen LogP contribution in [-0.2, 0) is 4.74 Å². The molecule has 0 aromatic carbocycles. The zero-order chi connectivity index (χ0) is 13.3. The zero-order valence-corrected chi connectivity index (χ0v) is 11.5. The van der Waals surface area contributed by atoms with Gasteiger partial charge in [0.25, 0.3) is 0 Å². The standard InChI is InChI=1S/C13H24N2O3/c1-13(2,3)18-12(17)15-9-4-5-11(15)10(6-7-16)14-8-9/h9-11,14,16H,4-8H2,1-3H3. The third-order valence-electron chi connectivity index (χ3n) is 3.67. The van der Waals surface area contributed by atoms with Gasteiger partial charge in [-0.05, 0) is 40.0 Å². The van der Waals surface area contributed by atoms with Crippen LogP contribution in [0.3, 0.4) is 0 Å². The molecule has 0 aromatic rings. The summed E-state index contributed by atoms with van der Waals surface area (Å²) < 4.78 is 5.48. The Morgan fingerprint density at radius 3 is 2.78 bits per heavy atom. The Bertz CT molecular complexity index is 314. The van der Waals surface area contributed by atoms with Crippen LogP contribution < -0.4 is 5.32 Å². The Labute approximate surface area is 108 Å². The maximum Gasteiger partial charge on any atom is 0.410 e. The maximum absolute atomic E-state index is 12.2. The molecule has 2 heterocycles. The van der Waals surface area contributed by atoms with Crippen LogP contribution in [0.1, 0.15) is 40.0 Å². The molecule has 0 aromatic heterocycles. The quantitative estimate of drug-likeness (QED) is 0.777. The molecule has 104 valence electrons. The van der Waals surface area contributed by atoms with Gasteiger partial charge in [0, 0.05) is 25.2 Å². The Balaban J connectivity index is 2.05. The Hall–Kier alpha value is -0.810. The van der Waals surface area contributed by atoms with Crippen molar-refractivity contribution < 1.29 is 14.6 Å². The van der Waals surface area contributed by atoms with E-state index in [0.717, 1.165) is 19.4 Å². The number of carbonyl (C=O) groups is 1. The number of hydrogen-bond donors (Lipinski definition) is 2. The highest BCUT2D eigenvalue weighted by Gasteiger charge is 2.45. The normalized spacial score (nSPS) is 31.6. The monoisotopic (exact) mass is 256 g/mol. The van der Waals surface area contributed by atoms with E-state index in [9.17, 15) is 4.79 Å². The van der Waals surface area contributed by atoms with Gasteiger partial charge < -0.3 is 15.2 Å². The van der Waals surface area contributed by atoms with E-state index in [4.69, 9.17) is 9.84 Å². The fraction of sp³-hybridized carbons (Fsp3) is 0.923. The van der Waals surface area contributed by atoms with Crippen molar-refractivity contribution >= 4 is 6.09 Å². The number of amides is 1. The summed E-state index contributed by atoms with van der Waals surface area (Å²) in [5.41, 5.74) is -0.451. The molecule has 18 heavy (non-hydrogen) atoms. The van der Waals surface area contributed by atoms with Gasteiger partial charge in [-0.2, -0.15) is 0 Å². The molecule has 2 aliphatic rings. The van der Waals surface area contributed by atoms with E-state index < -0.39 is 5.60 Å². The molecular formula is C13H24N2O3. The van der Waals surface area contributed by atoms with E-state index in [-0.39, 0.29) is 30.8 Å². The van der Waals surface area contributed by atoms with E-state index in [1.165, 1.54) is 0 Å². The molecule has 2 aliphatic heterocycles. The van der Waals surface area contributed by atoms with E-state index in [2.05, 4.69) is 5.32 Å². The Morgan fingerprint density at radius 2 is 2.17 bits per heavy atom. The first-order valence-electron chi connectivity index (χ1n) is 6.78. The van der Waals surface area contributed by atoms with Gasteiger partial charge in [-0.25, -0.2) is 4.79 Å². The van der Waals surface area contributed by atoms with Crippen LogP contribution in [0.15, 0.2) is 0 Å². The summed E-state index contributed by atoms with van der Waals surface area (Å²) in [6.07, 6.45) is 2.51. The highest BCUT2D eigenvalue weighted by Crippen LogP contribution is 2.32. The lowest BCUT2D eigenvalue weighted by molar-refractivity contribution is 0.00267. The SMILES string of the molecule is CC(C)(C)OC(=O)N1C2CCC1C(CCO)NC2. The van der Waals surface area contributed by atoms with Crippen LogP contribution in [-0.4, -0.2) is 53.0 Å². The molecule has 5 heteroatoms. The molecule has 2 N–H and O–H groups in total. The number of aliphatic hydroxyl groups is 1. The second-order valence-corrected chi connectivity index (χ2v) is 6.21. The molecule has 0 radical (unpaired) electrons. The number of ether oxygens (including phenoxy) is 1. The Kier molecular flexibility index (Phi) is 3.82. The molecule has 0 aliphatic carbocycles. The van der Waals surface area contributed by atoms with Gasteiger partial charge in [0.1, 0.15) is 5.60 Å². The number of piperazine rings is 1. The summed E-state index contributed by atoms with van der Waals surface area (Å²) in [5, 5.41) is 12.5. The van der Waals surface area contributed by atoms with Gasteiger partial charge in [0.05, 0.1) is 6.04 Å². The number of nitrogens with zero attached hydrogens (tertiary/aromatic N) is 1. The molecular weight excluding hydrogens is 232 g/mol. The van der Waals surface area contributed by atoms with Crippen LogP contribution in [0, 0.1) is 0 Å². The fourth-order valence-electron chi connectivity index (χ4n) is 2.96. The predicted molar refractivity (Wildman–Crippen MR) is 68.4 cm³/mol. The fourth-order valence-corrected chi connectivity index (χ4v) is 2.96. The van der Waals surface area contributed by atoms with Crippen LogP contribution in [0.25, 0.3) is 0 Å². The minimum atomic E-state index is -0.451. The number of aliphatic hydroxyl groups excluding tert-OH is 1. The van der Waals surface area contributed by atoms with Crippen molar-refractivity contribution in [1.82, 2.24) is 10.2 Å². The molecule has 5 nitrogen and oxygen atoms in total. The molecule has 3 atom stereocenters. The van der Waals surface area contributed by atoms with Crippen LogP contribution in [0.2, 0.25) is 0 Å². The van der Waals surface area contributed by atoms with Crippen molar-refractivity contribution in [1.29, 1.82) is 0 Å². The largest absolute Gasteiger partial charge is 0.444 e. The minimum absolute atomic E-state index is 0.154. The van der Waals surface area contributed by atoms with Gasteiger partial charge in [0.2, 0.25) is 0 Å². The molecule has 1 amide bonds. The second-order valence-electron chi connectivity index (χ2n) is 6.21. The van der Waals surface area contributed by atoms with Crippen molar-refractivity contribution in [3.8, 4) is 0 Å². The lowest BCUT2D eigenvalue weighted by Gasteiger charge is -2.41. The van der Waals surface area contributed by atoms with Crippen LogP contribution in [0.5, 0.6) is 0 Å². The molecule has 2 bridgehead atoms. The van der Waals surface area contributed by atoms with Gasteiger partial charge in [-0.15, -0.1) is 0 Å². The summed E-state index contributed by atoms with van der Waals surface area (Å²) in [5.74, 6) is 0. The second kappa shape index (κ2) is 5.05. The van der Waals surface area contributed by atoms with Crippen molar-refractivity contribution in [2.24, 2.45) is 0 Å². The summed E-state index contributed by atoms with van der Waals surface area (Å²) >= 11 is 0. The average molecular weight is 256 g/mol. The smallest absolute Gasteiger partial charge is 0.410 e. The van der Waals surface area contributed by atoms with Gasteiger partial charge >= 0.3 is 6.09 Å². The summed E-state index contributed by atoms with van der Waals surface area (Å²) in [4.78, 5) is 14.1. The number of nitrogens with one attached hydrogen (secondary N) is 1. The van der Waals surface area contributed by atoms with Crippen molar-refractivity contribution in [2.45, 2.75) is 63.8 Å². The van der Waals surface area contributed by atoms with Crippen molar-refractivity contribution in [2.75, 3.05) is 13.2 Å². The summed E-state index contributed by atoms with van der Waals surface area (Å²) in [7, 11) is 0. The summed E-state index contributed by atoms with van der Waals surface area (Å²) in [6, 6.07) is 0.617. The van der Waals surface area contributed by atoms with Crippen LogP contribution >= 0.6 is 0 Å². The average Bonchev–Trinajstić information content (AvgIpc) is 2.56. The number of fused-ring (bicyclic) bond motifs is 2. The molecule has 2 rings (SSSR count). The molecule has 0 saturated carbocycles. The van der Waals surface area contributed by atoms with Gasteiger partial charge in [-0.3, -0.25) is 4.90 Å². The molecule has 3 unspecified atom stereocenters. The van der Waals surface area contributed by atoms with Crippen molar-refractivity contribution in [3.05, 3.63) is 0 Å². The Morgan fingerprint density at radius 1 is 1.44 bits per heavy atom. The highest BCUT2D eigenvalue weighted by atomic mass is 16.6. The molecule has 0 spiro atoms. The molecule has 2 saturated heterocycles. The van der Waals surface area contributed by atoms with Gasteiger partial charge in [0.15, 0.2) is 0 Å². The first-order valence-corrected chi connectivity index (χ1v) is 6.78. The van der Waals surface area contributed by atoms with Gasteiger partial charge in [-0.1, -0.05) is 0 Å². The topological polar surface area (TPSA) is 61.8 Å². The maximum atomic E-state index is 12.2. The lowest BCUT2D eigenvalue weighted by atomic mass is 10.0. The number of carbonyl (C=O) groups excluding carboxylic acids is 1. The number of hydrogen-bond acceptors (Lipinski definition) is 4. The van der Waals surface area contributed by atoms with E-state index >= 15 is 0 Å². The third-order valence-corrected chi connectivity index (χ3v) is 3.67.